The van der Waals surface area contributed by atoms with Crippen LogP contribution in [0.2, 0.25) is 0 Å². The first-order valence-electron chi connectivity index (χ1n) is 13.2. The third-order valence-corrected chi connectivity index (χ3v) is 9.11. The molecule has 5 heterocycles. The molecule has 2 aromatic carbocycles. The topological polar surface area (TPSA) is 98.2 Å². The SMILES string of the molecule is CN1CC(=O)N(C)[C@@H](Cc2cn([C@]34C[C@H]5C(=O)N(C)CC(=O)N5[C@H]3Nc3ccccc34)c3ccccc23)C1=O. The molecular formula is C29H30N6O4. The van der Waals surface area contributed by atoms with Gasteiger partial charge < -0.3 is 29.5 Å². The minimum absolute atomic E-state index is 0.0509. The summed E-state index contributed by atoms with van der Waals surface area (Å²) in [5, 5.41) is 4.56. The number of fused-ring (bicyclic) bond motifs is 6. The number of amides is 4. The van der Waals surface area contributed by atoms with Gasteiger partial charge in [0.25, 0.3) is 0 Å². The van der Waals surface area contributed by atoms with Crippen LogP contribution < -0.4 is 5.32 Å². The maximum absolute atomic E-state index is 13.4. The lowest BCUT2D eigenvalue weighted by Gasteiger charge is -2.38. The number of rotatable bonds is 3. The summed E-state index contributed by atoms with van der Waals surface area (Å²) in [6, 6.07) is 14.9. The molecule has 4 amide bonds. The molecule has 10 nitrogen and oxygen atoms in total. The highest BCUT2D eigenvalue weighted by molar-refractivity contribution is 5.98. The molecule has 0 bridgehead atoms. The lowest BCUT2D eigenvalue weighted by Crippen LogP contribution is -2.60. The average Bonchev–Trinajstić information content (AvgIpc) is 3.56. The first-order chi connectivity index (χ1) is 18.7. The van der Waals surface area contributed by atoms with Gasteiger partial charge in [-0.2, -0.15) is 0 Å². The van der Waals surface area contributed by atoms with E-state index in [1.54, 1.807) is 30.9 Å². The highest BCUT2D eigenvalue weighted by Crippen LogP contribution is 2.54. The van der Waals surface area contributed by atoms with Crippen molar-refractivity contribution in [3.8, 4) is 0 Å². The number of nitrogens with zero attached hydrogens (tertiary/aromatic N) is 5. The predicted molar refractivity (Wildman–Crippen MR) is 144 cm³/mol. The third kappa shape index (κ3) is 3.08. The summed E-state index contributed by atoms with van der Waals surface area (Å²) in [6.45, 7) is 0.129. The molecule has 39 heavy (non-hydrogen) atoms. The van der Waals surface area contributed by atoms with Crippen molar-refractivity contribution in [1.82, 2.24) is 24.2 Å². The number of nitrogens with one attached hydrogen (secondary N) is 1. The van der Waals surface area contributed by atoms with Crippen LogP contribution in [0.5, 0.6) is 0 Å². The number of anilines is 1. The van der Waals surface area contributed by atoms with Gasteiger partial charge in [0.15, 0.2) is 0 Å². The van der Waals surface area contributed by atoms with Crippen molar-refractivity contribution in [3.05, 3.63) is 65.9 Å². The monoisotopic (exact) mass is 526 g/mol. The molecule has 0 unspecified atom stereocenters. The van der Waals surface area contributed by atoms with Gasteiger partial charge in [-0.3, -0.25) is 19.2 Å². The van der Waals surface area contributed by atoms with Gasteiger partial charge >= 0.3 is 0 Å². The Bertz CT molecular complexity index is 1580. The predicted octanol–water partition coefficient (Wildman–Crippen LogP) is 1.05. The number of aromatic nitrogens is 1. The molecule has 0 radical (unpaired) electrons. The van der Waals surface area contributed by atoms with Gasteiger partial charge in [-0.05, 0) is 17.7 Å². The van der Waals surface area contributed by atoms with Crippen molar-refractivity contribution in [3.63, 3.8) is 0 Å². The number of carbonyl (C=O) groups is 4. The van der Waals surface area contributed by atoms with Crippen LogP contribution in [0.3, 0.4) is 0 Å². The molecule has 3 fully saturated rings. The molecule has 10 heteroatoms. The molecule has 3 saturated heterocycles. The molecule has 4 aliphatic rings. The smallest absolute Gasteiger partial charge is 0.245 e. The number of hydrogen-bond acceptors (Lipinski definition) is 5. The van der Waals surface area contributed by atoms with Crippen LogP contribution in [0, 0.1) is 0 Å². The van der Waals surface area contributed by atoms with Crippen LogP contribution >= 0.6 is 0 Å². The average molecular weight is 527 g/mol. The van der Waals surface area contributed by atoms with E-state index in [0.29, 0.717) is 12.8 Å². The molecule has 7 rings (SSSR count). The van der Waals surface area contributed by atoms with Crippen LogP contribution in [-0.4, -0.2) is 100 Å². The maximum Gasteiger partial charge on any atom is 0.245 e. The van der Waals surface area contributed by atoms with E-state index < -0.39 is 23.8 Å². The van der Waals surface area contributed by atoms with Crippen molar-refractivity contribution in [2.45, 2.75) is 36.6 Å². The number of piperazine rings is 2. The normalized spacial score (nSPS) is 28.2. The van der Waals surface area contributed by atoms with Crippen LogP contribution in [-0.2, 0) is 31.1 Å². The van der Waals surface area contributed by atoms with Crippen LogP contribution in [0.4, 0.5) is 5.69 Å². The van der Waals surface area contributed by atoms with E-state index in [0.717, 1.165) is 27.7 Å². The van der Waals surface area contributed by atoms with Gasteiger partial charge in [0.1, 0.15) is 23.8 Å². The first-order valence-corrected chi connectivity index (χ1v) is 13.2. The van der Waals surface area contributed by atoms with Crippen LogP contribution in [0.15, 0.2) is 54.7 Å². The third-order valence-electron chi connectivity index (χ3n) is 9.11. The largest absolute Gasteiger partial charge is 0.363 e. The zero-order valence-electron chi connectivity index (χ0n) is 22.1. The van der Waals surface area contributed by atoms with E-state index >= 15 is 0 Å². The summed E-state index contributed by atoms with van der Waals surface area (Å²) in [5.74, 6) is -0.320. The first kappa shape index (κ1) is 23.8. The highest BCUT2D eigenvalue weighted by atomic mass is 16.2. The lowest BCUT2D eigenvalue weighted by atomic mass is 9.86. The number of likely N-dealkylation sites (N-methyl/N-ethyl adjacent to an activating group) is 3. The number of benzene rings is 2. The van der Waals surface area contributed by atoms with Gasteiger partial charge in [-0.15, -0.1) is 0 Å². The zero-order chi connectivity index (χ0) is 27.2. The van der Waals surface area contributed by atoms with Crippen LogP contribution in [0.1, 0.15) is 17.5 Å². The Morgan fingerprint density at radius 2 is 1.56 bits per heavy atom. The van der Waals surface area contributed by atoms with E-state index in [2.05, 4.69) is 22.1 Å². The Kier molecular flexibility index (Phi) is 4.92. The molecule has 4 aliphatic heterocycles. The molecule has 4 atom stereocenters. The van der Waals surface area contributed by atoms with E-state index in [1.165, 1.54) is 9.80 Å². The second-order valence-electron chi connectivity index (χ2n) is 11.2. The quantitative estimate of drug-likeness (QED) is 0.550. The second kappa shape index (κ2) is 8.08. The molecular weight excluding hydrogens is 496 g/mol. The summed E-state index contributed by atoms with van der Waals surface area (Å²) in [6.07, 6.45) is 2.42. The highest BCUT2D eigenvalue weighted by Gasteiger charge is 2.63. The van der Waals surface area contributed by atoms with E-state index in [4.69, 9.17) is 0 Å². The molecule has 1 aromatic heterocycles. The van der Waals surface area contributed by atoms with E-state index in [1.807, 2.05) is 42.5 Å². The van der Waals surface area contributed by atoms with Gasteiger partial charge in [0, 0.05) is 62.3 Å². The van der Waals surface area contributed by atoms with Gasteiger partial charge in [0.05, 0.1) is 13.1 Å². The Balaban J connectivity index is 1.41. The van der Waals surface area contributed by atoms with Gasteiger partial charge in [0.2, 0.25) is 23.6 Å². The summed E-state index contributed by atoms with van der Waals surface area (Å²) < 4.78 is 2.21. The van der Waals surface area contributed by atoms with E-state index in [9.17, 15) is 19.2 Å². The molecule has 200 valence electrons. The number of carbonyl (C=O) groups excluding carboxylic acids is 4. The summed E-state index contributed by atoms with van der Waals surface area (Å²) in [7, 11) is 5.03. The molecule has 3 aromatic rings. The standard InChI is InChI=1S/C29H30N6O4/c1-31-15-24(36)33(3)22(26(31)38)12-17-14-34(21-11-7-4-8-18(17)21)29-13-23-27(39)32(2)16-25(37)35(23)28(29)30-20-10-6-5-9-19(20)29/h4-11,14,22-23,28,30H,12-13,15-16H2,1-3H3/t22-,23-,28+,29-/m0/s1. The Morgan fingerprint density at radius 3 is 2.38 bits per heavy atom. The van der Waals surface area contributed by atoms with Crippen molar-refractivity contribution >= 4 is 40.2 Å². The maximum atomic E-state index is 13.4. The zero-order valence-corrected chi connectivity index (χ0v) is 22.1. The minimum Gasteiger partial charge on any atom is -0.363 e. The minimum atomic E-state index is -0.731. The fourth-order valence-corrected chi connectivity index (χ4v) is 7.16. The molecule has 0 spiro atoms. The van der Waals surface area contributed by atoms with Crippen molar-refractivity contribution in [2.75, 3.05) is 39.5 Å². The van der Waals surface area contributed by atoms with Crippen molar-refractivity contribution in [2.24, 2.45) is 0 Å². The Morgan fingerprint density at radius 1 is 0.872 bits per heavy atom. The fourth-order valence-electron chi connectivity index (χ4n) is 7.16. The van der Waals surface area contributed by atoms with Crippen molar-refractivity contribution < 1.29 is 19.2 Å². The molecule has 0 aliphatic carbocycles. The number of para-hydroxylation sites is 2. The van der Waals surface area contributed by atoms with Crippen molar-refractivity contribution in [1.29, 1.82) is 0 Å². The van der Waals surface area contributed by atoms with E-state index in [-0.39, 0.29) is 36.7 Å². The lowest BCUT2D eigenvalue weighted by molar-refractivity contribution is -0.153. The summed E-state index contributed by atoms with van der Waals surface area (Å²) >= 11 is 0. The van der Waals surface area contributed by atoms with Gasteiger partial charge in [-0.25, -0.2) is 0 Å². The summed E-state index contributed by atoms with van der Waals surface area (Å²) in [5.41, 5.74) is 3.13. The summed E-state index contributed by atoms with van der Waals surface area (Å²) in [4.78, 5) is 58.7. The van der Waals surface area contributed by atoms with Crippen LogP contribution in [0.25, 0.3) is 10.9 Å². The Labute approximate surface area is 225 Å². The molecule has 1 N–H and O–H groups in total. The number of hydrogen-bond donors (Lipinski definition) is 1. The Hall–Kier alpha value is -4.34. The molecule has 0 saturated carbocycles. The second-order valence-corrected chi connectivity index (χ2v) is 11.2. The fraction of sp³-hybridized carbons (Fsp3) is 0.379. The van der Waals surface area contributed by atoms with Gasteiger partial charge in [-0.1, -0.05) is 36.4 Å².